The van der Waals surface area contributed by atoms with E-state index in [2.05, 4.69) is 21.2 Å². The molecule has 0 spiro atoms. The molecule has 0 radical (unpaired) electrons. The van der Waals surface area contributed by atoms with Crippen LogP contribution < -0.4 is 5.32 Å². The van der Waals surface area contributed by atoms with Gasteiger partial charge in [0.25, 0.3) is 0 Å². The van der Waals surface area contributed by atoms with Crippen molar-refractivity contribution in [1.29, 1.82) is 0 Å². The predicted octanol–water partition coefficient (Wildman–Crippen LogP) is 3.15. The van der Waals surface area contributed by atoms with Crippen molar-refractivity contribution in [3.63, 3.8) is 0 Å². The van der Waals surface area contributed by atoms with Gasteiger partial charge in [0, 0.05) is 27.2 Å². The van der Waals surface area contributed by atoms with Gasteiger partial charge in [-0.2, -0.15) is 0 Å². The lowest BCUT2D eigenvalue weighted by molar-refractivity contribution is -0.117. The van der Waals surface area contributed by atoms with Crippen LogP contribution in [-0.4, -0.2) is 18.4 Å². The Labute approximate surface area is 109 Å². The Morgan fingerprint density at radius 1 is 1.50 bits per heavy atom. The third-order valence-electron chi connectivity index (χ3n) is 2.94. The quantitative estimate of drug-likeness (QED) is 0.905. The third-order valence-corrected chi connectivity index (χ3v) is 4.63. The van der Waals surface area contributed by atoms with E-state index in [-0.39, 0.29) is 0 Å². The first kappa shape index (κ1) is 12.3. The predicted molar refractivity (Wildman–Crippen MR) is 71.0 cm³/mol. The zero-order valence-corrected chi connectivity index (χ0v) is 11.6. The first-order chi connectivity index (χ1) is 7.74. The molecule has 0 aromatic carbocycles. The van der Waals surface area contributed by atoms with Crippen molar-refractivity contribution in [2.24, 2.45) is 0 Å². The zero-order chi connectivity index (χ0) is 11.4. The summed E-state index contributed by atoms with van der Waals surface area (Å²) >= 11 is 5.04. The van der Waals surface area contributed by atoms with Crippen molar-refractivity contribution < 1.29 is 4.79 Å². The third kappa shape index (κ3) is 3.68. The topological polar surface area (TPSA) is 29.1 Å². The molecule has 0 saturated heterocycles. The molecular formula is C12H16BrNOS. The smallest absolute Gasteiger partial charge is 0.151 e. The monoisotopic (exact) mass is 301 g/mol. The molecule has 4 heteroatoms. The molecule has 1 aliphatic rings. The van der Waals surface area contributed by atoms with Gasteiger partial charge in [-0.05, 0) is 34.8 Å². The van der Waals surface area contributed by atoms with Crippen molar-refractivity contribution in [1.82, 2.24) is 5.32 Å². The van der Waals surface area contributed by atoms with Gasteiger partial charge < -0.3 is 5.32 Å². The summed E-state index contributed by atoms with van der Waals surface area (Å²) in [5, 5.41) is 5.37. The fourth-order valence-electron chi connectivity index (χ4n) is 2.09. The Kier molecular flexibility index (Phi) is 4.55. The highest BCUT2D eigenvalue weighted by molar-refractivity contribution is 9.10. The molecule has 1 aromatic rings. The molecule has 1 fully saturated rings. The second kappa shape index (κ2) is 5.94. The summed E-state index contributed by atoms with van der Waals surface area (Å²) < 4.78 is 1.07. The number of nitrogens with one attached hydrogen (secondary N) is 1. The Bertz CT molecular complexity index is 358. The van der Waals surface area contributed by atoms with Gasteiger partial charge in [0.05, 0.1) is 6.54 Å². The maximum atomic E-state index is 11.7. The highest BCUT2D eigenvalue weighted by atomic mass is 79.9. The fourth-order valence-corrected chi connectivity index (χ4v) is 3.57. The maximum absolute atomic E-state index is 11.7. The Balaban J connectivity index is 1.71. The second-order valence-electron chi connectivity index (χ2n) is 4.31. The molecule has 1 N–H and O–H groups in total. The Morgan fingerprint density at radius 2 is 2.25 bits per heavy atom. The number of hydrogen-bond acceptors (Lipinski definition) is 3. The van der Waals surface area contributed by atoms with Crippen molar-refractivity contribution in [2.75, 3.05) is 6.54 Å². The largest absolute Gasteiger partial charge is 0.307 e. The van der Waals surface area contributed by atoms with Gasteiger partial charge in [0.2, 0.25) is 0 Å². The molecule has 2 rings (SSSR count). The first-order valence-electron chi connectivity index (χ1n) is 5.72. The van der Waals surface area contributed by atoms with Gasteiger partial charge in [-0.25, -0.2) is 0 Å². The van der Waals surface area contributed by atoms with Gasteiger partial charge in [-0.15, -0.1) is 11.3 Å². The highest BCUT2D eigenvalue weighted by Crippen LogP contribution is 2.20. The number of ketones is 1. The lowest BCUT2D eigenvalue weighted by Gasteiger charge is -2.10. The van der Waals surface area contributed by atoms with Crippen molar-refractivity contribution >= 4 is 33.0 Å². The van der Waals surface area contributed by atoms with Gasteiger partial charge in [-0.1, -0.05) is 12.8 Å². The number of carbonyl (C=O) groups is 1. The van der Waals surface area contributed by atoms with Crippen LogP contribution >= 0.6 is 27.3 Å². The molecule has 0 atom stereocenters. The minimum absolute atomic E-state index is 0.293. The van der Waals surface area contributed by atoms with Gasteiger partial charge in [-0.3, -0.25) is 4.79 Å². The number of carbonyl (C=O) groups excluding carboxylic acids is 1. The minimum atomic E-state index is 0.293. The SMILES string of the molecule is O=C(CNC1CCCC1)Cc1cc(Br)cs1. The van der Waals surface area contributed by atoms with Crippen LogP contribution in [0.2, 0.25) is 0 Å². The van der Waals surface area contributed by atoms with E-state index in [4.69, 9.17) is 0 Å². The van der Waals surface area contributed by atoms with E-state index in [1.54, 1.807) is 11.3 Å². The lowest BCUT2D eigenvalue weighted by Crippen LogP contribution is -2.32. The first-order valence-corrected chi connectivity index (χ1v) is 7.39. The molecule has 1 heterocycles. The average molecular weight is 302 g/mol. The summed E-state index contributed by atoms with van der Waals surface area (Å²) in [5.41, 5.74) is 0. The second-order valence-corrected chi connectivity index (χ2v) is 6.22. The van der Waals surface area contributed by atoms with Crippen molar-refractivity contribution in [3.05, 3.63) is 20.8 Å². The summed E-state index contributed by atoms with van der Waals surface area (Å²) in [6, 6.07) is 2.61. The summed E-state index contributed by atoms with van der Waals surface area (Å²) in [5.74, 6) is 0.293. The van der Waals surface area contributed by atoms with Crippen LogP contribution in [0.25, 0.3) is 0 Å². The molecule has 16 heavy (non-hydrogen) atoms. The summed E-state index contributed by atoms with van der Waals surface area (Å²) in [6.07, 6.45) is 5.65. The van der Waals surface area contributed by atoms with Crippen LogP contribution in [0.15, 0.2) is 15.9 Å². The van der Waals surface area contributed by atoms with E-state index in [9.17, 15) is 4.79 Å². The van der Waals surface area contributed by atoms with E-state index in [1.807, 2.05) is 11.4 Å². The van der Waals surface area contributed by atoms with Gasteiger partial charge in [0.1, 0.15) is 0 Å². The van der Waals surface area contributed by atoms with Gasteiger partial charge >= 0.3 is 0 Å². The molecule has 1 aliphatic carbocycles. The standard InChI is InChI=1S/C12H16BrNOS/c13-9-5-12(16-8-9)6-11(15)7-14-10-3-1-2-4-10/h5,8,10,14H,1-4,6-7H2. The summed E-state index contributed by atoms with van der Waals surface area (Å²) in [6.45, 7) is 0.528. The molecule has 1 aromatic heterocycles. The van der Waals surface area contributed by atoms with Crippen LogP contribution in [0.3, 0.4) is 0 Å². The Morgan fingerprint density at radius 3 is 2.88 bits per heavy atom. The molecule has 2 nitrogen and oxygen atoms in total. The van der Waals surface area contributed by atoms with Gasteiger partial charge in [0.15, 0.2) is 5.78 Å². The number of Topliss-reactive ketones (excluding diaryl/α,β-unsaturated/α-hetero) is 1. The Hall–Kier alpha value is -0.190. The van der Waals surface area contributed by atoms with Crippen molar-refractivity contribution in [3.8, 4) is 0 Å². The number of halogens is 1. The molecule has 0 aliphatic heterocycles. The molecular weight excluding hydrogens is 286 g/mol. The van der Waals surface area contributed by atoms with Crippen LogP contribution in [0, 0.1) is 0 Å². The molecule has 1 saturated carbocycles. The summed E-state index contributed by atoms with van der Waals surface area (Å²) in [4.78, 5) is 12.9. The zero-order valence-electron chi connectivity index (χ0n) is 9.17. The number of hydrogen-bond donors (Lipinski definition) is 1. The van der Waals surface area contributed by atoms with E-state index >= 15 is 0 Å². The average Bonchev–Trinajstić information content (AvgIpc) is 2.87. The maximum Gasteiger partial charge on any atom is 0.151 e. The molecule has 0 amide bonds. The lowest BCUT2D eigenvalue weighted by atomic mass is 10.2. The van der Waals surface area contributed by atoms with Crippen LogP contribution in [0.4, 0.5) is 0 Å². The van der Waals surface area contributed by atoms with E-state index in [0.29, 0.717) is 24.8 Å². The number of rotatable bonds is 5. The normalized spacial score (nSPS) is 16.8. The molecule has 0 bridgehead atoms. The van der Waals surface area contributed by atoms with E-state index in [0.717, 1.165) is 9.35 Å². The highest BCUT2D eigenvalue weighted by Gasteiger charge is 2.15. The van der Waals surface area contributed by atoms with E-state index in [1.165, 1.54) is 25.7 Å². The van der Waals surface area contributed by atoms with E-state index < -0.39 is 0 Å². The van der Waals surface area contributed by atoms with Crippen LogP contribution in [0.5, 0.6) is 0 Å². The van der Waals surface area contributed by atoms with Crippen LogP contribution in [0.1, 0.15) is 30.6 Å². The molecule has 0 unspecified atom stereocenters. The minimum Gasteiger partial charge on any atom is -0.307 e. The fraction of sp³-hybridized carbons (Fsp3) is 0.583. The van der Waals surface area contributed by atoms with Crippen molar-refractivity contribution in [2.45, 2.75) is 38.1 Å². The molecule has 88 valence electrons. The summed E-state index contributed by atoms with van der Waals surface area (Å²) in [7, 11) is 0. The van der Waals surface area contributed by atoms with Crippen LogP contribution in [-0.2, 0) is 11.2 Å². The number of thiophene rings is 1.